The Labute approximate surface area is 87.6 Å². The number of hydrogen-bond donors (Lipinski definition) is 0. The van der Waals surface area contributed by atoms with E-state index in [2.05, 4.69) is 28.2 Å². The molecule has 4 heteroatoms. The van der Waals surface area contributed by atoms with Crippen molar-refractivity contribution in [1.82, 2.24) is 0 Å². The zero-order valence-electron chi connectivity index (χ0n) is 7.98. The zero-order valence-corrected chi connectivity index (χ0v) is 8.80. The van der Waals surface area contributed by atoms with Gasteiger partial charge in [-0.15, -0.1) is 10.2 Å². The first-order chi connectivity index (χ1) is 6.66. The Bertz CT molecular complexity index is 460. The van der Waals surface area contributed by atoms with Crippen LogP contribution in [0.1, 0.15) is 16.7 Å². The highest BCUT2D eigenvalue weighted by atomic mass is 32.1. The van der Waals surface area contributed by atoms with E-state index in [0.717, 1.165) is 11.1 Å². The summed E-state index contributed by atoms with van der Waals surface area (Å²) < 4.78 is 0. The van der Waals surface area contributed by atoms with Gasteiger partial charge in [0.05, 0.1) is 0 Å². The molecule has 0 aromatic heterocycles. The van der Waals surface area contributed by atoms with Crippen LogP contribution in [-0.2, 0) is 0 Å². The third kappa shape index (κ3) is 1.61. The van der Waals surface area contributed by atoms with Crippen molar-refractivity contribution >= 4 is 23.2 Å². The fourth-order valence-corrected chi connectivity index (χ4v) is 1.53. The van der Waals surface area contributed by atoms with E-state index in [4.69, 9.17) is 12.2 Å². The molecule has 2 rings (SSSR count). The van der Waals surface area contributed by atoms with Gasteiger partial charge in [0, 0.05) is 5.56 Å². The third-order valence-corrected chi connectivity index (χ3v) is 2.23. The molecule has 1 aliphatic rings. The van der Waals surface area contributed by atoms with Gasteiger partial charge < -0.3 is 0 Å². The Morgan fingerprint density at radius 3 is 2.50 bits per heavy atom. The maximum atomic E-state index is 4.82. The van der Waals surface area contributed by atoms with Crippen LogP contribution in [0, 0.1) is 13.8 Å². The summed E-state index contributed by atoms with van der Waals surface area (Å²) in [5, 5.41) is 7.93. The van der Waals surface area contributed by atoms with E-state index in [1.807, 2.05) is 19.1 Å². The van der Waals surface area contributed by atoms with Crippen molar-refractivity contribution in [1.29, 1.82) is 0 Å². The molecule has 1 aliphatic heterocycles. The van der Waals surface area contributed by atoms with E-state index >= 15 is 0 Å². The third-order valence-electron chi connectivity index (χ3n) is 2.05. The number of nitrogens with zero attached hydrogens (tertiary/aromatic N) is 3. The van der Waals surface area contributed by atoms with E-state index in [9.17, 15) is 0 Å². The largest absolute Gasteiger partial charge is 0.242 e. The van der Waals surface area contributed by atoms with Crippen molar-refractivity contribution in [3.05, 3.63) is 34.9 Å². The summed E-state index contributed by atoms with van der Waals surface area (Å²) in [7, 11) is 0. The van der Waals surface area contributed by atoms with Crippen LogP contribution in [0.2, 0.25) is 0 Å². The Hall–Kier alpha value is -1.42. The van der Waals surface area contributed by atoms with Gasteiger partial charge in [0.25, 0.3) is 0 Å². The summed E-state index contributed by atoms with van der Waals surface area (Å²) >= 11 is 4.82. The van der Waals surface area contributed by atoms with Gasteiger partial charge in [-0.25, -0.2) is 0 Å². The molecule has 0 aliphatic carbocycles. The van der Waals surface area contributed by atoms with Crippen LogP contribution in [0.4, 0.5) is 0 Å². The second kappa shape index (κ2) is 3.38. The number of amidine groups is 1. The Morgan fingerprint density at radius 1 is 1.14 bits per heavy atom. The minimum Gasteiger partial charge on any atom is -0.195 e. The van der Waals surface area contributed by atoms with Crippen molar-refractivity contribution in [3.8, 4) is 0 Å². The first kappa shape index (κ1) is 9.15. The number of azo groups is 1. The van der Waals surface area contributed by atoms with Crippen molar-refractivity contribution in [2.45, 2.75) is 13.8 Å². The van der Waals surface area contributed by atoms with Crippen LogP contribution in [-0.4, -0.2) is 10.9 Å². The fraction of sp³-hybridized carbons (Fsp3) is 0.200. The predicted molar refractivity (Wildman–Crippen MR) is 59.9 cm³/mol. The Kier molecular flexibility index (Phi) is 2.21. The SMILES string of the molecule is Cc1ccc(C2=NC(=S)N=N2)c(C)c1. The monoisotopic (exact) mass is 203 g/mol. The molecule has 0 saturated heterocycles. The van der Waals surface area contributed by atoms with Crippen LogP contribution in [0.25, 0.3) is 0 Å². The van der Waals surface area contributed by atoms with E-state index in [-0.39, 0.29) is 0 Å². The molecule has 0 amide bonds. The lowest BCUT2D eigenvalue weighted by atomic mass is 10.1. The van der Waals surface area contributed by atoms with Crippen LogP contribution in [0.3, 0.4) is 0 Å². The predicted octanol–water partition coefficient (Wildman–Crippen LogP) is 2.80. The molecule has 3 nitrogen and oxygen atoms in total. The highest BCUT2D eigenvalue weighted by molar-refractivity contribution is 7.80. The molecule has 0 bridgehead atoms. The molecule has 0 saturated carbocycles. The van der Waals surface area contributed by atoms with Gasteiger partial charge in [-0.1, -0.05) is 23.8 Å². The molecule has 70 valence electrons. The average molecular weight is 203 g/mol. The summed E-state index contributed by atoms with van der Waals surface area (Å²) in [6.07, 6.45) is 0. The molecule has 14 heavy (non-hydrogen) atoms. The van der Waals surface area contributed by atoms with Crippen molar-refractivity contribution in [2.24, 2.45) is 15.2 Å². The number of aryl methyl sites for hydroxylation is 2. The highest BCUT2D eigenvalue weighted by Gasteiger charge is 2.11. The van der Waals surface area contributed by atoms with Crippen LogP contribution in [0.15, 0.2) is 33.4 Å². The molecule has 0 atom stereocenters. The summed E-state index contributed by atoms with van der Waals surface area (Å²) in [5.41, 5.74) is 3.37. The lowest BCUT2D eigenvalue weighted by Gasteiger charge is -2.02. The zero-order chi connectivity index (χ0) is 10.1. The molecular weight excluding hydrogens is 194 g/mol. The molecule has 0 spiro atoms. The molecular formula is C10H9N3S. The van der Waals surface area contributed by atoms with Gasteiger partial charge >= 0.3 is 0 Å². The smallest absolute Gasteiger partial charge is 0.195 e. The maximum Gasteiger partial charge on any atom is 0.242 e. The van der Waals surface area contributed by atoms with Crippen molar-refractivity contribution < 1.29 is 0 Å². The van der Waals surface area contributed by atoms with E-state index in [0.29, 0.717) is 10.9 Å². The molecule has 0 radical (unpaired) electrons. The van der Waals surface area contributed by atoms with Crippen LogP contribution in [0.5, 0.6) is 0 Å². The van der Waals surface area contributed by atoms with E-state index in [1.165, 1.54) is 5.56 Å². The number of rotatable bonds is 1. The number of thiocarbonyl (C=S) groups is 1. The standard InChI is InChI=1S/C10H9N3S/c1-6-3-4-8(7(2)5-6)9-11-10(14)13-12-9/h3-5H,1-2H3. The van der Waals surface area contributed by atoms with E-state index in [1.54, 1.807) is 0 Å². The molecule has 0 fully saturated rings. The molecule has 1 aromatic rings. The lowest BCUT2D eigenvalue weighted by Crippen LogP contribution is -1.97. The normalized spacial score (nSPS) is 14.7. The molecule has 1 heterocycles. The molecule has 1 aromatic carbocycles. The van der Waals surface area contributed by atoms with Gasteiger partial charge in [0.2, 0.25) is 5.11 Å². The van der Waals surface area contributed by atoms with Crippen molar-refractivity contribution in [2.75, 3.05) is 0 Å². The summed E-state index contributed by atoms with van der Waals surface area (Å²) in [5.74, 6) is 0.618. The minimum atomic E-state index is 0.306. The topological polar surface area (TPSA) is 37.1 Å². The summed E-state index contributed by atoms with van der Waals surface area (Å²) in [6, 6.07) is 6.12. The quantitative estimate of drug-likeness (QED) is 0.646. The Balaban J connectivity index is 2.48. The van der Waals surface area contributed by atoms with E-state index < -0.39 is 0 Å². The minimum absolute atomic E-state index is 0.306. The van der Waals surface area contributed by atoms with Gasteiger partial charge in [-0.05, 0) is 31.6 Å². The number of benzene rings is 1. The first-order valence-corrected chi connectivity index (χ1v) is 4.69. The molecule has 0 unspecified atom stereocenters. The number of aliphatic imine (C=N–C) groups is 1. The number of hydrogen-bond acceptors (Lipinski definition) is 2. The lowest BCUT2D eigenvalue weighted by molar-refractivity contribution is 1.33. The summed E-state index contributed by atoms with van der Waals surface area (Å²) in [6.45, 7) is 4.08. The van der Waals surface area contributed by atoms with Gasteiger partial charge in [-0.2, -0.15) is 4.99 Å². The highest BCUT2D eigenvalue weighted by Crippen LogP contribution is 2.15. The summed E-state index contributed by atoms with van der Waals surface area (Å²) in [4.78, 5) is 4.06. The van der Waals surface area contributed by atoms with Crippen molar-refractivity contribution in [3.63, 3.8) is 0 Å². The Morgan fingerprint density at radius 2 is 1.93 bits per heavy atom. The first-order valence-electron chi connectivity index (χ1n) is 4.29. The molecule has 0 N–H and O–H groups in total. The second-order valence-corrected chi connectivity index (χ2v) is 3.60. The van der Waals surface area contributed by atoms with Gasteiger partial charge in [-0.3, -0.25) is 0 Å². The average Bonchev–Trinajstić information content (AvgIpc) is 2.51. The maximum absolute atomic E-state index is 4.82. The van der Waals surface area contributed by atoms with Gasteiger partial charge in [0.15, 0.2) is 5.84 Å². The second-order valence-electron chi connectivity index (χ2n) is 3.24. The fourth-order valence-electron chi connectivity index (χ4n) is 1.40. The van der Waals surface area contributed by atoms with Crippen LogP contribution < -0.4 is 0 Å². The van der Waals surface area contributed by atoms with Gasteiger partial charge in [0.1, 0.15) is 0 Å². The van der Waals surface area contributed by atoms with Crippen LogP contribution >= 0.6 is 12.2 Å².